The van der Waals surface area contributed by atoms with Crippen LogP contribution < -0.4 is 15.4 Å². The zero-order chi connectivity index (χ0) is 22.1. The third-order valence-electron chi connectivity index (χ3n) is 4.97. The van der Waals surface area contributed by atoms with Crippen LogP contribution in [0.1, 0.15) is 46.5 Å². The van der Waals surface area contributed by atoms with Gasteiger partial charge >= 0.3 is 0 Å². The summed E-state index contributed by atoms with van der Waals surface area (Å²) in [6.07, 6.45) is 1.65. The van der Waals surface area contributed by atoms with E-state index in [9.17, 15) is 9.59 Å². The van der Waals surface area contributed by atoms with Crippen LogP contribution in [0.2, 0.25) is 0 Å². The third kappa shape index (κ3) is 6.71. The minimum atomic E-state index is -0.256. The van der Waals surface area contributed by atoms with Gasteiger partial charge in [-0.15, -0.1) is 0 Å². The number of rotatable bonds is 9. The van der Waals surface area contributed by atoms with Crippen LogP contribution in [0.3, 0.4) is 0 Å². The Balaban J connectivity index is 1.60. The number of benzene rings is 3. The van der Waals surface area contributed by atoms with E-state index in [0.717, 1.165) is 12.8 Å². The van der Waals surface area contributed by atoms with Crippen molar-refractivity contribution in [3.8, 4) is 5.75 Å². The van der Waals surface area contributed by atoms with Gasteiger partial charge in [-0.2, -0.15) is 0 Å². The molecule has 0 radical (unpaired) electrons. The first-order valence-electron chi connectivity index (χ1n) is 10.5. The molecule has 3 rings (SSSR count). The molecule has 0 saturated heterocycles. The number of hydrogen-bond donors (Lipinski definition) is 2. The zero-order valence-corrected chi connectivity index (χ0v) is 17.9. The molecule has 2 amide bonds. The molecule has 3 aromatic rings. The Morgan fingerprint density at radius 2 is 1.58 bits per heavy atom. The largest absolute Gasteiger partial charge is 0.493 e. The lowest BCUT2D eigenvalue weighted by Crippen LogP contribution is -2.31. The smallest absolute Gasteiger partial charge is 0.255 e. The van der Waals surface area contributed by atoms with Gasteiger partial charge in [-0.3, -0.25) is 9.59 Å². The van der Waals surface area contributed by atoms with Crippen LogP contribution in [0.5, 0.6) is 5.75 Å². The number of carbonyl (C=O) groups excluding carboxylic acids is 2. The number of carbonyl (C=O) groups is 2. The summed E-state index contributed by atoms with van der Waals surface area (Å²) in [5, 5.41) is 5.78. The highest BCUT2D eigenvalue weighted by Crippen LogP contribution is 2.17. The van der Waals surface area contributed by atoms with Crippen LogP contribution in [0, 0.1) is 0 Å². The van der Waals surface area contributed by atoms with E-state index in [2.05, 4.69) is 22.8 Å². The van der Waals surface area contributed by atoms with Gasteiger partial charge in [0.25, 0.3) is 11.8 Å². The van der Waals surface area contributed by atoms with Gasteiger partial charge in [0, 0.05) is 29.3 Å². The average Bonchev–Trinajstić information content (AvgIpc) is 2.80. The molecule has 0 fully saturated rings. The van der Waals surface area contributed by atoms with Gasteiger partial charge in [0.05, 0.1) is 6.61 Å². The molecule has 0 saturated carbocycles. The molecule has 0 aromatic heterocycles. The standard InChI is InChI=1S/C26H28N2O3/c1-3-19(2)27-25(29)21-11-7-13-23(17-21)28-26(30)22-12-8-14-24(18-22)31-16-15-20-9-5-4-6-10-20/h4-14,17-19H,3,15-16H2,1-2H3,(H,27,29)(H,28,30). The molecule has 0 heterocycles. The van der Waals surface area contributed by atoms with Crippen LogP contribution >= 0.6 is 0 Å². The molecule has 0 aliphatic rings. The fraction of sp³-hybridized carbons (Fsp3) is 0.231. The second kappa shape index (κ2) is 11.0. The van der Waals surface area contributed by atoms with E-state index in [1.807, 2.05) is 38.1 Å². The topological polar surface area (TPSA) is 67.4 Å². The lowest BCUT2D eigenvalue weighted by atomic mass is 10.1. The average molecular weight is 417 g/mol. The quantitative estimate of drug-likeness (QED) is 0.511. The molecule has 5 heteroatoms. The molecule has 1 unspecified atom stereocenters. The van der Waals surface area contributed by atoms with Crippen molar-refractivity contribution in [3.05, 3.63) is 95.6 Å². The van der Waals surface area contributed by atoms with Crippen molar-refractivity contribution in [2.24, 2.45) is 0 Å². The Morgan fingerprint density at radius 3 is 2.32 bits per heavy atom. The normalized spacial score (nSPS) is 11.4. The van der Waals surface area contributed by atoms with E-state index in [1.54, 1.807) is 42.5 Å². The van der Waals surface area contributed by atoms with E-state index in [-0.39, 0.29) is 17.9 Å². The first kappa shape index (κ1) is 22.1. The molecule has 1 atom stereocenters. The molecule has 160 valence electrons. The van der Waals surface area contributed by atoms with Crippen LogP contribution in [0.4, 0.5) is 5.69 Å². The maximum absolute atomic E-state index is 12.7. The van der Waals surface area contributed by atoms with E-state index in [0.29, 0.717) is 29.2 Å². The second-order valence-electron chi connectivity index (χ2n) is 7.43. The van der Waals surface area contributed by atoms with Gasteiger partial charge in [-0.05, 0) is 55.3 Å². The van der Waals surface area contributed by atoms with Gasteiger partial charge in [0.2, 0.25) is 0 Å². The molecule has 0 bridgehead atoms. The first-order chi connectivity index (χ1) is 15.0. The maximum atomic E-state index is 12.7. The molecule has 0 spiro atoms. The van der Waals surface area contributed by atoms with E-state index >= 15 is 0 Å². The maximum Gasteiger partial charge on any atom is 0.255 e. The van der Waals surface area contributed by atoms with Crippen molar-refractivity contribution in [1.29, 1.82) is 0 Å². The van der Waals surface area contributed by atoms with Gasteiger partial charge in [0.1, 0.15) is 5.75 Å². The van der Waals surface area contributed by atoms with Crippen molar-refractivity contribution in [1.82, 2.24) is 5.32 Å². The summed E-state index contributed by atoms with van der Waals surface area (Å²) in [5.41, 5.74) is 2.77. The SMILES string of the molecule is CCC(C)NC(=O)c1cccc(NC(=O)c2cccc(OCCc3ccccc3)c2)c1. The van der Waals surface area contributed by atoms with Gasteiger partial charge in [-0.1, -0.05) is 49.4 Å². The molecule has 31 heavy (non-hydrogen) atoms. The van der Waals surface area contributed by atoms with Crippen molar-refractivity contribution in [2.75, 3.05) is 11.9 Å². The van der Waals surface area contributed by atoms with Gasteiger partial charge < -0.3 is 15.4 Å². The Hall–Kier alpha value is -3.60. The highest BCUT2D eigenvalue weighted by atomic mass is 16.5. The summed E-state index contributed by atoms with van der Waals surface area (Å²) in [4.78, 5) is 25.0. The molecular formula is C26H28N2O3. The first-order valence-corrected chi connectivity index (χ1v) is 10.5. The predicted molar refractivity (Wildman–Crippen MR) is 124 cm³/mol. The lowest BCUT2D eigenvalue weighted by Gasteiger charge is -2.12. The second-order valence-corrected chi connectivity index (χ2v) is 7.43. The monoisotopic (exact) mass is 416 g/mol. The molecule has 5 nitrogen and oxygen atoms in total. The van der Waals surface area contributed by atoms with Crippen molar-refractivity contribution in [2.45, 2.75) is 32.7 Å². The van der Waals surface area contributed by atoms with Crippen molar-refractivity contribution >= 4 is 17.5 Å². The fourth-order valence-corrected chi connectivity index (χ4v) is 3.01. The molecular weight excluding hydrogens is 388 g/mol. The fourth-order valence-electron chi connectivity index (χ4n) is 3.01. The van der Waals surface area contributed by atoms with Crippen LogP contribution in [-0.2, 0) is 6.42 Å². The number of nitrogens with one attached hydrogen (secondary N) is 2. The molecule has 3 aromatic carbocycles. The number of anilines is 1. The number of amides is 2. The van der Waals surface area contributed by atoms with Crippen molar-refractivity contribution in [3.63, 3.8) is 0 Å². The van der Waals surface area contributed by atoms with Gasteiger partial charge in [0.15, 0.2) is 0 Å². The van der Waals surface area contributed by atoms with E-state index < -0.39 is 0 Å². The summed E-state index contributed by atoms with van der Waals surface area (Å²) < 4.78 is 5.82. The van der Waals surface area contributed by atoms with Crippen LogP contribution in [-0.4, -0.2) is 24.5 Å². The highest BCUT2D eigenvalue weighted by molar-refractivity contribution is 6.05. The summed E-state index contributed by atoms with van der Waals surface area (Å²) in [6.45, 7) is 4.50. The predicted octanol–water partition coefficient (Wildman–Crippen LogP) is 5.09. The van der Waals surface area contributed by atoms with E-state index in [1.165, 1.54) is 5.56 Å². The Bertz CT molecular complexity index is 1020. The lowest BCUT2D eigenvalue weighted by molar-refractivity contribution is 0.0938. The minimum absolute atomic E-state index is 0.0929. The molecule has 0 aliphatic carbocycles. The minimum Gasteiger partial charge on any atom is -0.493 e. The highest BCUT2D eigenvalue weighted by Gasteiger charge is 2.11. The van der Waals surface area contributed by atoms with Crippen LogP contribution in [0.25, 0.3) is 0 Å². The summed E-state index contributed by atoms with van der Waals surface area (Å²) in [5.74, 6) is 0.234. The molecule has 2 N–H and O–H groups in total. The Kier molecular flexibility index (Phi) is 7.82. The Morgan fingerprint density at radius 1 is 0.871 bits per heavy atom. The molecule has 0 aliphatic heterocycles. The van der Waals surface area contributed by atoms with Crippen LogP contribution in [0.15, 0.2) is 78.9 Å². The summed E-state index contributed by atoms with van der Waals surface area (Å²) in [7, 11) is 0. The summed E-state index contributed by atoms with van der Waals surface area (Å²) in [6, 6.07) is 24.2. The number of ether oxygens (including phenoxy) is 1. The number of hydrogen-bond acceptors (Lipinski definition) is 3. The van der Waals surface area contributed by atoms with Crippen molar-refractivity contribution < 1.29 is 14.3 Å². The van der Waals surface area contributed by atoms with E-state index in [4.69, 9.17) is 4.74 Å². The van der Waals surface area contributed by atoms with Gasteiger partial charge in [-0.25, -0.2) is 0 Å². The third-order valence-corrected chi connectivity index (χ3v) is 4.97. The summed E-state index contributed by atoms with van der Waals surface area (Å²) >= 11 is 0. The Labute approximate surface area is 183 Å². The zero-order valence-electron chi connectivity index (χ0n) is 17.9.